The van der Waals surface area contributed by atoms with Crippen LogP contribution in [0.15, 0.2) is 74.6 Å². The maximum absolute atomic E-state index is 12.7. The van der Waals surface area contributed by atoms with E-state index in [0.29, 0.717) is 30.8 Å². The Morgan fingerprint density at radius 3 is 2.62 bits per heavy atom. The molecule has 3 aromatic rings. The van der Waals surface area contributed by atoms with E-state index in [0.717, 1.165) is 28.1 Å². The number of methoxy groups -OCH3 is 1. The molecule has 2 aliphatic rings. The number of allylic oxidation sites excluding steroid dienone is 1. The number of benzene rings is 2. The van der Waals surface area contributed by atoms with Gasteiger partial charge in [-0.15, -0.1) is 5.11 Å². The number of rotatable bonds is 11. The van der Waals surface area contributed by atoms with Gasteiger partial charge >= 0.3 is 5.69 Å². The van der Waals surface area contributed by atoms with Crippen LogP contribution in [0.5, 0.6) is 5.75 Å². The highest BCUT2D eigenvalue weighted by Crippen LogP contribution is 2.45. The SMILES string of the molecule is COc1cc2c(cc1N=Nc1ccc(C)cc1)C(C)=CC(C)(C)N2CCCC(=O)NC/C=C/c1cn([C@H]2C[C@@H](O)[C@@H](C)O2)c(=O)[nH]c1=O. The highest BCUT2D eigenvalue weighted by atomic mass is 16.5. The van der Waals surface area contributed by atoms with Gasteiger partial charge in [0.15, 0.2) is 0 Å². The van der Waals surface area contributed by atoms with E-state index in [9.17, 15) is 19.5 Å². The largest absolute Gasteiger partial charge is 0.494 e. The summed E-state index contributed by atoms with van der Waals surface area (Å²) in [5, 5.41) is 21.8. The maximum Gasteiger partial charge on any atom is 0.330 e. The first kappa shape index (κ1) is 34.5. The van der Waals surface area contributed by atoms with Crippen molar-refractivity contribution in [2.24, 2.45) is 10.2 Å². The number of hydrogen-bond donors (Lipinski definition) is 3. The van der Waals surface area contributed by atoms with Crippen molar-refractivity contribution in [3.63, 3.8) is 0 Å². The van der Waals surface area contributed by atoms with E-state index in [2.05, 4.69) is 52.3 Å². The lowest BCUT2D eigenvalue weighted by Crippen LogP contribution is -2.45. The van der Waals surface area contributed by atoms with Gasteiger partial charge in [0.25, 0.3) is 5.56 Å². The third-order valence-corrected chi connectivity index (χ3v) is 8.75. The first-order chi connectivity index (χ1) is 22.9. The number of hydrogen-bond acceptors (Lipinski definition) is 9. The molecule has 5 rings (SSSR count). The van der Waals surface area contributed by atoms with Gasteiger partial charge in [-0.3, -0.25) is 19.1 Å². The van der Waals surface area contributed by atoms with Gasteiger partial charge in [0, 0.05) is 49.4 Å². The molecule has 3 N–H and O–H groups in total. The average Bonchev–Trinajstić information content (AvgIpc) is 3.37. The Balaban J connectivity index is 1.20. The first-order valence-corrected chi connectivity index (χ1v) is 16.2. The second kappa shape index (κ2) is 14.5. The van der Waals surface area contributed by atoms with Gasteiger partial charge in [-0.25, -0.2) is 4.79 Å². The third kappa shape index (κ3) is 7.83. The molecule has 0 radical (unpaired) electrons. The van der Waals surface area contributed by atoms with Crippen molar-refractivity contribution in [2.75, 3.05) is 25.1 Å². The molecule has 48 heavy (non-hydrogen) atoms. The van der Waals surface area contributed by atoms with Crippen LogP contribution >= 0.6 is 0 Å². The number of carbonyl (C=O) groups excluding carboxylic acids is 1. The molecule has 0 spiro atoms. The lowest BCUT2D eigenvalue weighted by Gasteiger charge is -2.43. The van der Waals surface area contributed by atoms with Crippen LogP contribution in [-0.4, -0.2) is 58.5 Å². The quantitative estimate of drug-likeness (QED) is 0.229. The average molecular weight is 657 g/mol. The topological polar surface area (TPSA) is 151 Å². The van der Waals surface area contributed by atoms with E-state index in [1.165, 1.54) is 10.8 Å². The Bertz CT molecular complexity index is 1850. The van der Waals surface area contributed by atoms with Gasteiger partial charge < -0.3 is 24.8 Å². The lowest BCUT2D eigenvalue weighted by molar-refractivity contribution is -0.120. The number of fused-ring (bicyclic) bond motifs is 1. The number of aliphatic hydroxyl groups is 1. The number of nitrogens with zero attached hydrogens (tertiary/aromatic N) is 4. The minimum absolute atomic E-state index is 0.118. The number of carbonyl (C=O) groups is 1. The van der Waals surface area contributed by atoms with Crippen molar-refractivity contribution < 1.29 is 19.4 Å². The summed E-state index contributed by atoms with van der Waals surface area (Å²) < 4.78 is 12.6. The number of aliphatic hydroxyl groups excluding tert-OH is 1. The van der Waals surface area contributed by atoms with Crippen LogP contribution in [0.3, 0.4) is 0 Å². The minimum atomic E-state index is -0.693. The predicted molar refractivity (Wildman–Crippen MR) is 186 cm³/mol. The highest BCUT2D eigenvalue weighted by molar-refractivity contribution is 5.85. The number of aromatic nitrogens is 2. The summed E-state index contributed by atoms with van der Waals surface area (Å²) in [5.41, 5.74) is 4.51. The van der Waals surface area contributed by atoms with Crippen LogP contribution in [0.4, 0.5) is 17.1 Å². The molecule has 0 unspecified atom stereocenters. The third-order valence-electron chi connectivity index (χ3n) is 8.75. The Kier molecular flexibility index (Phi) is 10.4. The first-order valence-electron chi connectivity index (χ1n) is 16.2. The summed E-state index contributed by atoms with van der Waals surface area (Å²) in [7, 11) is 1.62. The van der Waals surface area contributed by atoms with Crippen LogP contribution in [-0.2, 0) is 9.53 Å². The molecule has 3 atom stereocenters. The number of H-pyrrole nitrogens is 1. The predicted octanol–water partition coefficient (Wildman–Crippen LogP) is 5.55. The molecule has 1 fully saturated rings. The van der Waals surface area contributed by atoms with Crippen molar-refractivity contribution in [2.45, 2.75) is 77.9 Å². The van der Waals surface area contributed by atoms with Crippen molar-refractivity contribution >= 4 is 34.6 Å². The smallest absolute Gasteiger partial charge is 0.330 e. The zero-order valence-electron chi connectivity index (χ0n) is 28.3. The zero-order chi connectivity index (χ0) is 34.6. The summed E-state index contributed by atoms with van der Waals surface area (Å²) in [6.07, 6.45) is 6.23. The second-order valence-corrected chi connectivity index (χ2v) is 12.9. The molecule has 1 aromatic heterocycles. The molecule has 254 valence electrons. The van der Waals surface area contributed by atoms with Crippen molar-refractivity contribution in [3.8, 4) is 5.75 Å². The van der Waals surface area contributed by atoms with Gasteiger partial charge in [-0.2, -0.15) is 5.11 Å². The molecule has 3 heterocycles. The van der Waals surface area contributed by atoms with Gasteiger partial charge in [0.1, 0.15) is 17.7 Å². The lowest BCUT2D eigenvalue weighted by atomic mass is 9.88. The van der Waals surface area contributed by atoms with Crippen molar-refractivity contribution in [1.29, 1.82) is 0 Å². The fourth-order valence-corrected chi connectivity index (χ4v) is 6.12. The fourth-order valence-electron chi connectivity index (χ4n) is 6.12. The number of azo groups is 1. The fraction of sp³-hybridized carbons (Fsp3) is 0.417. The molecule has 2 aromatic carbocycles. The van der Waals surface area contributed by atoms with Crippen LogP contribution < -0.4 is 26.2 Å². The Morgan fingerprint density at radius 1 is 1.19 bits per heavy atom. The van der Waals surface area contributed by atoms with E-state index in [-0.39, 0.29) is 30.0 Å². The number of nitrogens with one attached hydrogen (secondary N) is 2. The second-order valence-electron chi connectivity index (χ2n) is 12.9. The summed E-state index contributed by atoms with van der Waals surface area (Å²) in [4.78, 5) is 42.0. The Hall–Kier alpha value is -4.81. The number of ether oxygens (including phenoxy) is 2. The molecular formula is C36H44N6O6. The number of aromatic amines is 1. The monoisotopic (exact) mass is 656 g/mol. The number of anilines is 1. The Morgan fingerprint density at radius 2 is 1.94 bits per heavy atom. The van der Waals surface area contributed by atoms with Gasteiger partial charge in [-0.1, -0.05) is 35.9 Å². The highest BCUT2D eigenvalue weighted by Gasteiger charge is 2.33. The molecular weight excluding hydrogens is 612 g/mol. The summed E-state index contributed by atoms with van der Waals surface area (Å²) in [6.45, 7) is 11.0. The standard InChI is InChI=1S/C36H44N6O6/c1-22-11-13-26(14-12-22)39-40-28-17-27-23(2)20-36(4,5)42(29(27)18-31(28)47-6)16-8-10-32(44)37-15-7-9-25-21-41(35(46)38-34(25)45)33-19-30(43)24(3)48-33/h7,9,11-14,17-18,20-21,24,30,33,43H,8,10,15-16,19H2,1-6H3,(H,37,44)(H,38,45,46)/b9-7+,40-39?/t24-,30-,33-/m1/s1. The zero-order valence-corrected chi connectivity index (χ0v) is 28.3. The van der Waals surface area contributed by atoms with Crippen LogP contribution in [0.1, 0.15) is 69.9 Å². The Labute approximate surface area is 279 Å². The van der Waals surface area contributed by atoms with E-state index in [1.807, 2.05) is 43.3 Å². The van der Waals surface area contributed by atoms with Gasteiger partial charge in [0.05, 0.1) is 36.1 Å². The molecule has 0 saturated carbocycles. The molecule has 12 heteroatoms. The molecule has 0 bridgehead atoms. The van der Waals surface area contributed by atoms with E-state index in [4.69, 9.17) is 9.47 Å². The van der Waals surface area contributed by atoms with Gasteiger partial charge in [0.2, 0.25) is 5.91 Å². The van der Waals surface area contributed by atoms with Crippen LogP contribution in [0.25, 0.3) is 11.6 Å². The van der Waals surface area contributed by atoms with E-state index >= 15 is 0 Å². The summed E-state index contributed by atoms with van der Waals surface area (Å²) in [6, 6.07) is 11.8. The molecule has 1 amide bonds. The summed E-state index contributed by atoms with van der Waals surface area (Å²) >= 11 is 0. The van der Waals surface area contributed by atoms with Crippen molar-refractivity contribution in [1.82, 2.24) is 14.9 Å². The summed E-state index contributed by atoms with van der Waals surface area (Å²) in [5.74, 6) is 0.494. The van der Waals surface area contributed by atoms with Gasteiger partial charge in [-0.05, 0) is 64.8 Å². The molecule has 1 saturated heterocycles. The molecule has 12 nitrogen and oxygen atoms in total. The van der Waals surface area contributed by atoms with Crippen LogP contribution in [0, 0.1) is 6.92 Å². The van der Waals surface area contributed by atoms with Crippen molar-refractivity contribution in [3.05, 3.63) is 92.3 Å². The maximum atomic E-state index is 12.7. The normalized spacial score (nSPS) is 20.3. The van der Waals surface area contributed by atoms with E-state index < -0.39 is 29.7 Å². The van der Waals surface area contributed by atoms with E-state index in [1.54, 1.807) is 26.2 Å². The van der Waals surface area contributed by atoms with Crippen LogP contribution in [0.2, 0.25) is 0 Å². The molecule has 2 aliphatic heterocycles. The number of aryl methyl sites for hydroxylation is 1. The minimum Gasteiger partial charge on any atom is -0.494 e. The molecule has 0 aliphatic carbocycles. The number of amides is 1.